The maximum atomic E-state index is 13.2. The summed E-state index contributed by atoms with van der Waals surface area (Å²) >= 11 is 0. The highest BCUT2D eigenvalue weighted by atomic mass is 33.1. The molecule has 5 amide bonds. The number of carboxylic acids is 2. The van der Waals surface area contributed by atoms with Gasteiger partial charge in [-0.3, -0.25) is 48.3 Å². The van der Waals surface area contributed by atoms with Gasteiger partial charge in [-0.2, -0.15) is 4.98 Å². The Morgan fingerprint density at radius 2 is 1.57 bits per heavy atom. The normalized spacial score (nSPS) is 12.6. The summed E-state index contributed by atoms with van der Waals surface area (Å²) in [5.74, 6) is -7.57. The van der Waals surface area contributed by atoms with Gasteiger partial charge in [0.2, 0.25) is 35.5 Å². The molecule has 2 aromatic heterocycles. The van der Waals surface area contributed by atoms with Crippen LogP contribution < -0.4 is 60.0 Å². The van der Waals surface area contributed by atoms with Crippen LogP contribution in [0.1, 0.15) is 63.3 Å². The molecule has 0 aliphatic heterocycles. The first kappa shape index (κ1) is 56.1. The number of aliphatic carboxylic acids is 2. The summed E-state index contributed by atoms with van der Waals surface area (Å²) in [6.45, 7) is 2.89. The number of carbonyl (C=O) groups excluding carboxylic acids is 6. The summed E-state index contributed by atoms with van der Waals surface area (Å²) in [6.07, 6.45) is 1.29. The predicted molar refractivity (Wildman–Crippen MR) is 255 cm³/mol. The number of hydrogen-bond acceptors (Lipinski definition) is 19. The lowest BCUT2D eigenvalue weighted by atomic mass is 10.1. The third-order valence-electron chi connectivity index (χ3n) is 9.30. The van der Waals surface area contributed by atoms with Gasteiger partial charge in [0.05, 0.1) is 37.9 Å². The number of guanidine groups is 1. The number of carbonyl (C=O) groups is 8. The third kappa shape index (κ3) is 21.9. The first-order chi connectivity index (χ1) is 32.8. The van der Waals surface area contributed by atoms with Crippen molar-refractivity contribution >= 4 is 97.8 Å². The van der Waals surface area contributed by atoms with Gasteiger partial charge in [-0.05, 0) is 50.4 Å². The Kier molecular flexibility index (Phi) is 23.9. The number of aromatic nitrogens is 4. The zero-order chi connectivity index (χ0) is 50.9. The molecule has 0 bridgehead atoms. The highest BCUT2D eigenvalue weighted by molar-refractivity contribution is 8.76. The minimum Gasteiger partial charge on any atom is -0.481 e. The van der Waals surface area contributed by atoms with Crippen molar-refractivity contribution in [2.45, 2.75) is 76.7 Å². The fraction of sp³-hybridized carbons (Fsp3) is 0.475. The van der Waals surface area contributed by atoms with Gasteiger partial charge in [0.25, 0.3) is 5.56 Å². The standard InChI is InChI=1S/C40H57N15O12S2/c1-21(23-7-9-24(10-8-23)46-16-25-17-48-34-33(50-25)37(64)55-40(43)54-34)44-11-4-6-29(57)47-18-30(58)51-26(5-3-12-45-39(41)42)35(62)49-19-31(59)52-27(15-32(60)61)36(63)53-28(38(65)66)20-69-68-14-13-67-22(2)56/h7-10,17,21,26-28,44,46H,3-6,11-16,18-20H2,1-2H3,(H,47,57)(H,49,62)(H,51,58)(H,52,59)(H,53,63)(H,60,61)(H,65,66)(H4,41,42,45)(H3,43,48,54,55,64). The quantitative estimate of drug-likeness (QED) is 0.0105. The molecular weight excluding hydrogens is 947 g/mol. The van der Waals surface area contributed by atoms with Crippen molar-refractivity contribution in [3.8, 4) is 0 Å². The summed E-state index contributed by atoms with van der Waals surface area (Å²) < 4.78 is 4.79. The number of benzene rings is 1. The maximum Gasteiger partial charge on any atom is 0.327 e. The van der Waals surface area contributed by atoms with E-state index in [9.17, 15) is 53.4 Å². The number of aliphatic imine (C=N–C) groups is 1. The predicted octanol–water partition coefficient (Wildman–Crippen LogP) is -2.42. The number of amides is 5. The molecule has 0 fully saturated rings. The number of rotatable bonds is 31. The molecular formula is C40H57N15O12S2. The van der Waals surface area contributed by atoms with E-state index >= 15 is 0 Å². The summed E-state index contributed by atoms with van der Waals surface area (Å²) in [4.78, 5) is 129. The van der Waals surface area contributed by atoms with Gasteiger partial charge < -0.3 is 69.4 Å². The smallest absolute Gasteiger partial charge is 0.327 e. The zero-order valence-electron chi connectivity index (χ0n) is 37.7. The van der Waals surface area contributed by atoms with Crippen LogP contribution in [-0.4, -0.2) is 146 Å². The molecule has 0 radical (unpaired) electrons. The zero-order valence-corrected chi connectivity index (χ0v) is 39.3. The molecule has 0 saturated heterocycles. The summed E-state index contributed by atoms with van der Waals surface area (Å²) in [6, 6.07) is 3.12. The van der Waals surface area contributed by atoms with Crippen LogP contribution in [0.2, 0.25) is 0 Å². The number of anilines is 2. The molecule has 3 aromatic rings. The number of ether oxygens (including phenoxy) is 1. The highest BCUT2D eigenvalue weighted by Gasteiger charge is 2.29. The number of nitrogen functional groups attached to an aromatic ring is 1. The van der Waals surface area contributed by atoms with E-state index < -0.39 is 90.6 Å². The second-order valence-electron chi connectivity index (χ2n) is 14.9. The third-order valence-corrected chi connectivity index (χ3v) is 11.7. The van der Waals surface area contributed by atoms with E-state index in [1.54, 1.807) is 0 Å². The van der Waals surface area contributed by atoms with Crippen molar-refractivity contribution in [3.63, 3.8) is 0 Å². The SMILES string of the molecule is CC(=O)OCCSSCC(NC(=O)C(CC(=O)O)NC(=O)CNC(=O)C(CCCN=C(N)N)NC(=O)CNC(=O)CCCNC(C)c1ccc(NCc2cnc3nc(N)[nH]c(=O)c3n2)cc1)C(=O)O. The molecule has 0 aliphatic carbocycles. The van der Waals surface area contributed by atoms with Crippen LogP contribution in [0.4, 0.5) is 11.6 Å². The number of hydrogen-bond donors (Lipinski definition) is 13. The molecule has 1 aromatic carbocycles. The lowest BCUT2D eigenvalue weighted by molar-refractivity contribution is -0.143. The monoisotopic (exact) mass is 1000 g/mol. The van der Waals surface area contributed by atoms with Crippen LogP contribution in [0.15, 0.2) is 40.2 Å². The van der Waals surface area contributed by atoms with Crippen LogP contribution >= 0.6 is 21.6 Å². The molecule has 4 unspecified atom stereocenters. The first-order valence-corrected chi connectivity index (χ1v) is 23.7. The van der Waals surface area contributed by atoms with E-state index in [1.807, 2.05) is 31.2 Å². The largest absolute Gasteiger partial charge is 0.481 e. The van der Waals surface area contributed by atoms with E-state index in [4.69, 9.17) is 21.9 Å². The summed E-state index contributed by atoms with van der Waals surface area (Å²) in [7, 11) is 2.23. The van der Waals surface area contributed by atoms with Gasteiger partial charge >= 0.3 is 17.9 Å². The second-order valence-corrected chi connectivity index (χ2v) is 17.5. The summed E-state index contributed by atoms with van der Waals surface area (Å²) in [5, 5.41) is 37.2. The number of nitrogens with zero attached hydrogens (tertiary/aromatic N) is 4. The molecule has 16 N–H and O–H groups in total. The van der Waals surface area contributed by atoms with Crippen molar-refractivity contribution < 1.29 is 53.3 Å². The fourth-order valence-corrected chi connectivity index (χ4v) is 7.85. The van der Waals surface area contributed by atoms with Crippen LogP contribution in [0.3, 0.4) is 0 Å². The van der Waals surface area contributed by atoms with Crippen LogP contribution in [0, 0.1) is 0 Å². The van der Waals surface area contributed by atoms with Crippen molar-refractivity contribution in [2.24, 2.45) is 16.5 Å². The molecule has 69 heavy (non-hydrogen) atoms. The van der Waals surface area contributed by atoms with Gasteiger partial charge in [0, 0.05) is 43.1 Å². The lowest BCUT2D eigenvalue weighted by Crippen LogP contribution is -2.55. The number of carboxylic acid groups (broad SMARTS) is 2. The lowest BCUT2D eigenvalue weighted by Gasteiger charge is -2.21. The molecule has 2 heterocycles. The fourth-order valence-electron chi connectivity index (χ4n) is 5.87. The topological polar surface area (TPSA) is 432 Å². The summed E-state index contributed by atoms with van der Waals surface area (Å²) in [5.41, 5.74) is 18.4. The Bertz CT molecular complexity index is 2350. The average molecular weight is 1000 g/mol. The number of H-pyrrole nitrogens is 1. The van der Waals surface area contributed by atoms with E-state index in [2.05, 4.69) is 62.1 Å². The molecule has 4 atom stereocenters. The van der Waals surface area contributed by atoms with Gasteiger partial charge in [-0.25, -0.2) is 14.8 Å². The van der Waals surface area contributed by atoms with Crippen molar-refractivity contribution in [2.75, 3.05) is 55.3 Å². The Hall–Kier alpha value is -7.27. The minimum absolute atomic E-state index is 0.00783. The van der Waals surface area contributed by atoms with Crippen LogP contribution in [-0.2, 0) is 49.6 Å². The Morgan fingerprint density at radius 1 is 0.870 bits per heavy atom. The van der Waals surface area contributed by atoms with Crippen molar-refractivity contribution in [1.29, 1.82) is 0 Å². The number of nitrogens with one attached hydrogen (secondary N) is 8. The molecule has 376 valence electrons. The van der Waals surface area contributed by atoms with Gasteiger partial charge in [0.1, 0.15) is 24.7 Å². The van der Waals surface area contributed by atoms with Crippen LogP contribution in [0.25, 0.3) is 11.2 Å². The van der Waals surface area contributed by atoms with Gasteiger partial charge in [0.15, 0.2) is 17.1 Å². The molecule has 27 nitrogen and oxygen atoms in total. The van der Waals surface area contributed by atoms with E-state index in [1.165, 1.54) is 23.9 Å². The van der Waals surface area contributed by atoms with E-state index in [0.29, 0.717) is 31.0 Å². The molecule has 0 spiro atoms. The second kappa shape index (κ2) is 29.5. The molecule has 3 rings (SSSR count). The molecule has 0 aliphatic rings. The Morgan fingerprint density at radius 3 is 2.23 bits per heavy atom. The molecule has 29 heteroatoms. The van der Waals surface area contributed by atoms with Gasteiger partial charge in [-0.1, -0.05) is 33.7 Å². The number of nitrogens with two attached hydrogens (primary N) is 3. The van der Waals surface area contributed by atoms with E-state index in [-0.39, 0.29) is 67.3 Å². The Labute approximate surface area is 402 Å². The first-order valence-electron chi connectivity index (χ1n) is 21.2. The van der Waals surface area contributed by atoms with E-state index in [0.717, 1.165) is 22.0 Å². The Balaban J connectivity index is 1.43. The van der Waals surface area contributed by atoms with Crippen LogP contribution in [0.5, 0.6) is 0 Å². The average Bonchev–Trinajstić information content (AvgIpc) is 3.29. The number of esters is 1. The molecule has 0 saturated carbocycles. The van der Waals surface area contributed by atoms with Gasteiger partial charge in [-0.15, -0.1) is 0 Å². The van der Waals surface area contributed by atoms with Crippen molar-refractivity contribution in [1.82, 2.24) is 51.8 Å². The number of aromatic amines is 1. The number of fused-ring (bicyclic) bond motifs is 1. The highest BCUT2D eigenvalue weighted by Crippen LogP contribution is 2.22. The van der Waals surface area contributed by atoms with Crippen molar-refractivity contribution in [3.05, 3.63) is 52.1 Å². The maximum absolute atomic E-state index is 13.2. The minimum atomic E-state index is -1.73.